The molecule has 4 heteroatoms. The second kappa shape index (κ2) is 5.23. The molecule has 3 nitrogen and oxygen atoms in total. The minimum Gasteiger partial charge on any atom is -0.391 e. The quantitative estimate of drug-likeness (QED) is 0.884. The van der Waals surface area contributed by atoms with Gasteiger partial charge in [0.25, 0.3) is 5.91 Å². The molecule has 0 bridgehead atoms. The van der Waals surface area contributed by atoms with Gasteiger partial charge in [0.05, 0.1) is 9.88 Å². The molecule has 18 heavy (non-hydrogen) atoms. The number of anilines is 2. The number of nitrogens with one attached hydrogen (secondary N) is 1. The van der Waals surface area contributed by atoms with Gasteiger partial charge in [0.1, 0.15) is 0 Å². The molecule has 3 N–H and O–H groups in total. The third kappa shape index (κ3) is 2.71. The van der Waals surface area contributed by atoms with E-state index in [9.17, 15) is 4.79 Å². The number of carbonyl (C=O) groups is 1. The maximum atomic E-state index is 12.0. The molecule has 0 atom stereocenters. The number of thiophene rings is 1. The number of rotatable bonds is 3. The van der Waals surface area contributed by atoms with E-state index in [-0.39, 0.29) is 5.91 Å². The van der Waals surface area contributed by atoms with E-state index >= 15 is 0 Å². The molecule has 1 aromatic carbocycles. The van der Waals surface area contributed by atoms with Crippen molar-refractivity contribution in [2.75, 3.05) is 11.1 Å². The van der Waals surface area contributed by atoms with E-state index in [0.29, 0.717) is 15.8 Å². The highest BCUT2D eigenvalue weighted by Gasteiger charge is 2.12. The van der Waals surface area contributed by atoms with Gasteiger partial charge in [-0.1, -0.05) is 32.0 Å². The van der Waals surface area contributed by atoms with Gasteiger partial charge in [-0.15, -0.1) is 11.3 Å². The molecule has 1 aromatic heterocycles. The van der Waals surface area contributed by atoms with Crippen LogP contribution in [0.2, 0.25) is 0 Å². The van der Waals surface area contributed by atoms with Crippen LogP contribution in [0, 0.1) is 0 Å². The molecular formula is C14H16N2OS. The highest BCUT2D eigenvalue weighted by molar-refractivity contribution is 7.17. The Hall–Kier alpha value is -1.81. The number of para-hydroxylation sites is 1. The van der Waals surface area contributed by atoms with Crippen molar-refractivity contribution in [2.45, 2.75) is 19.8 Å². The Kier molecular flexibility index (Phi) is 3.67. The third-order valence-electron chi connectivity index (χ3n) is 2.68. The van der Waals surface area contributed by atoms with E-state index < -0.39 is 0 Å². The standard InChI is InChI=1S/C14H16N2OS/c1-9(2)10-5-3-4-6-11(10)16-14(17)12-7-8-13(15)18-12/h3-9H,15H2,1-2H3,(H,16,17). The van der Waals surface area contributed by atoms with E-state index in [4.69, 9.17) is 5.73 Å². The molecule has 0 saturated heterocycles. The summed E-state index contributed by atoms with van der Waals surface area (Å²) in [5.41, 5.74) is 7.63. The smallest absolute Gasteiger partial charge is 0.265 e. The van der Waals surface area contributed by atoms with E-state index in [1.54, 1.807) is 12.1 Å². The van der Waals surface area contributed by atoms with Gasteiger partial charge in [0.15, 0.2) is 0 Å². The zero-order valence-corrected chi connectivity index (χ0v) is 11.3. The van der Waals surface area contributed by atoms with Crippen molar-refractivity contribution in [2.24, 2.45) is 0 Å². The van der Waals surface area contributed by atoms with Crippen LogP contribution in [0.4, 0.5) is 10.7 Å². The van der Waals surface area contributed by atoms with Crippen LogP contribution in [0.5, 0.6) is 0 Å². The summed E-state index contributed by atoms with van der Waals surface area (Å²) in [5.74, 6) is 0.264. The van der Waals surface area contributed by atoms with Crippen LogP contribution >= 0.6 is 11.3 Å². The lowest BCUT2D eigenvalue weighted by atomic mass is 10.0. The summed E-state index contributed by atoms with van der Waals surface area (Å²) in [4.78, 5) is 12.7. The van der Waals surface area contributed by atoms with Crippen LogP contribution in [-0.4, -0.2) is 5.91 Å². The molecule has 2 aromatic rings. The predicted molar refractivity (Wildman–Crippen MR) is 77.2 cm³/mol. The van der Waals surface area contributed by atoms with Gasteiger partial charge in [-0.25, -0.2) is 0 Å². The molecule has 0 radical (unpaired) electrons. The summed E-state index contributed by atoms with van der Waals surface area (Å²) in [6, 6.07) is 11.3. The van der Waals surface area contributed by atoms with Crippen molar-refractivity contribution >= 4 is 27.9 Å². The number of hydrogen-bond acceptors (Lipinski definition) is 3. The Morgan fingerprint density at radius 3 is 2.56 bits per heavy atom. The molecule has 0 aliphatic carbocycles. The van der Waals surface area contributed by atoms with Crippen LogP contribution in [0.3, 0.4) is 0 Å². The SMILES string of the molecule is CC(C)c1ccccc1NC(=O)c1ccc(N)s1. The Morgan fingerprint density at radius 1 is 1.22 bits per heavy atom. The van der Waals surface area contributed by atoms with Gasteiger partial charge in [0, 0.05) is 5.69 Å². The highest BCUT2D eigenvalue weighted by atomic mass is 32.1. The van der Waals surface area contributed by atoms with Crippen LogP contribution in [0.1, 0.15) is 35.0 Å². The lowest BCUT2D eigenvalue weighted by Crippen LogP contribution is -2.12. The number of benzene rings is 1. The molecule has 0 fully saturated rings. The van der Waals surface area contributed by atoms with E-state index in [1.165, 1.54) is 11.3 Å². The van der Waals surface area contributed by atoms with Crippen molar-refractivity contribution in [3.05, 3.63) is 46.8 Å². The Morgan fingerprint density at radius 2 is 1.94 bits per heavy atom. The molecule has 0 aliphatic heterocycles. The van der Waals surface area contributed by atoms with Gasteiger partial charge in [0.2, 0.25) is 0 Å². The van der Waals surface area contributed by atoms with Crippen molar-refractivity contribution < 1.29 is 4.79 Å². The van der Waals surface area contributed by atoms with Gasteiger partial charge >= 0.3 is 0 Å². The zero-order valence-electron chi connectivity index (χ0n) is 10.4. The van der Waals surface area contributed by atoms with Crippen molar-refractivity contribution in [1.82, 2.24) is 0 Å². The first-order valence-corrected chi connectivity index (χ1v) is 6.65. The molecule has 0 spiro atoms. The van der Waals surface area contributed by atoms with Crippen LogP contribution in [0.25, 0.3) is 0 Å². The van der Waals surface area contributed by atoms with Crippen LogP contribution < -0.4 is 11.1 Å². The van der Waals surface area contributed by atoms with Gasteiger partial charge in [-0.2, -0.15) is 0 Å². The van der Waals surface area contributed by atoms with Crippen molar-refractivity contribution in [3.8, 4) is 0 Å². The first kappa shape index (κ1) is 12.6. The summed E-state index contributed by atoms with van der Waals surface area (Å²) < 4.78 is 0. The Labute approximate surface area is 111 Å². The fraction of sp³-hybridized carbons (Fsp3) is 0.214. The largest absolute Gasteiger partial charge is 0.391 e. The Bertz CT molecular complexity index is 560. The maximum absolute atomic E-state index is 12.0. The second-order valence-electron chi connectivity index (χ2n) is 4.40. The molecule has 1 amide bonds. The second-order valence-corrected chi connectivity index (χ2v) is 5.51. The van der Waals surface area contributed by atoms with Gasteiger partial charge in [-0.3, -0.25) is 4.79 Å². The molecule has 2 rings (SSSR count). The van der Waals surface area contributed by atoms with Crippen LogP contribution in [0.15, 0.2) is 36.4 Å². The maximum Gasteiger partial charge on any atom is 0.265 e. The minimum absolute atomic E-state index is 0.107. The summed E-state index contributed by atoms with van der Waals surface area (Å²) in [6.45, 7) is 4.21. The zero-order chi connectivity index (χ0) is 13.1. The average molecular weight is 260 g/mol. The number of carbonyl (C=O) groups excluding carboxylic acids is 1. The lowest BCUT2D eigenvalue weighted by Gasteiger charge is -2.12. The third-order valence-corrected chi connectivity index (χ3v) is 3.59. The average Bonchev–Trinajstić information content (AvgIpc) is 2.76. The van der Waals surface area contributed by atoms with E-state index in [0.717, 1.165) is 11.3 Å². The summed E-state index contributed by atoms with van der Waals surface area (Å²) >= 11 is 1.30. The van der Waals surface area contributed by atoms with Crippen molar-refractivity contribution in [3.63, 3.8) is 0 Å². The highest BCUT2D eigenvalue weighted by Crippen LogP contribution is 2.25. The molecule has 0 aliphatic rings. The van der Waals surface area contributed by atoms with E-state index in [1.807, 2.05) is 24.3 Å². The first-order chi connectivity index (χ1) is 8.58. The molecule has 94 valence electrons. The van der Waals surface area contributed by atoms with Gasteiger partial charge in [-0.05, 0) is 29.7 Å². The Balaban J connectivity index is 2.22. The number of nitrogen functional groups attached to an aromatic ring is 1. The minimum atomic E-state index is -0.107. The summed E-state index contributed by atoms with van der Waals surface area (Å²) in [6.07, 6.45) is 0. The summed E-state index contributed by atoms with van der Waals surface area (Å²) in [7, 11) is 0. The lowest BCUT2D eigenvalue weighted by molar-refractivity contribution is 0.103. The molecular weight excluding hydrogens is 244 g/mol. The number of amides is 1. The normalized spacial score (nSPS) is 10.6. The monoisotopic (exact) mass is 260 g/mol. The molecule has 0 saturated carbocycles. The van der Waals surface area contributed by atoms with Gasteiger partial charge < -0.3 is 11.1 Å². The fourth-order valence-corrected chi connectivity index (χ4v) is 2.44. The van der Waals surface area contributed by atoms with E-state index in [2.05, 4.69) is 19.2 Å². The van der Waals surface area contributed by atoms with Crippen molar-refractivity contribution in [1.29, 1.82) is 0 Å². The topological polar surface area (TPSA) is 55.1 Å². The first-order valence-electron chi connectivity index (χ1n) is 5.83. The number of hydrogen-bond donors (Lipinski definition) is 2. The molecule has 1 heterocycles. The van der Waals surface area contributed by atoms with Crippen LogP contribution in [-0.2, 0) is 0 Å². The number of nitrogens with two attached hydrogens (primary N) is 1. The predicted octanol–water partition coefficient (Wildman–Crippen LogP) is 3.71. The summed E-state index contributed by atoms with van der Waals surface area (Å²) in [5, 5.41) is 3.59. The fourth-order valence-electron chi connectivity index (χ4n) is 1.77. The molecule has 0 unspecified atom stereocenters.